The summed E-state index contributed by atoms with van der Waals surface area (Å²) in [4.78, 5) is 19.0. The molecule has 1 amide bonds. The summed E-state index contributed by atoms with van der Waals surface area (Å²) in [7, 11) is 3.73. The fraction of sp³-hybridized carbons (Fsp3) is 0.387. The van der Waals surface area contributed by atoms with E-state index in [1.54, 1.807) is 7.11 Å². The van der Waals surface area contributed by atoms with Crippen LogP contribution >= 0.6 is 31.9 Å². The smallest absolute Gasteiger partial charge is 0.262 e. The number of likely N-dealkylation sites (N-methyl/N-ethyl adjacent to an activating group) is 1. The first kappa shape index (κ1) is 29.1. The minimum absolute atomic E-state index is 0.0129. The molecule has 5 rings (SSSR count). The van der Waals surface area contributed by atoms with E-state index in [1.165, 1.54) is 0 Å². The summed E-state index contributed by atoms with van der Waals surface area (Å²) < 4.78 is 13.9. The summed E-state index contributed by atoms with van der Waals surface area (Å²) in [5.41, 5.74) is 1.67. The molecule has 2 aliphatic rings. The first-order chi connectivity index (χ1) is 19.2. The molecule has 0 bridgehead atoms. The number of carbonyl (C=O) groups is 1. The Morgan fingerprint density at radius 1 is 0.875 bits per heavy atom. The van der Waals surface area contributed by atoms with Crippen molar-refractivity contribution in [3.05, 3.63) is 92.4 Å². The first-order valence-electron chi connectivity index (χ1n) is 13.6. The number of hydrogen-bond donors (Lipinski definition) is 2. The fourth-order valence-electron chi connectivity index (χ4n) is 5.50. The van der Waals surface area contributed by atoms with E-state index in [4.69, 9.17) is 9.47 Å². The highest BCUT2D eigenvalue weighted by Crippen LogP contribution is 2.45. The maximum Gasteiger partial charge on any atom is 0.262 e. The molecule has 2 unspecified atom stereocenters. The van der Waals surface area contributed by atoms with Crippen molar-refractivity contribution < 1.29 is 14.3 Å². The maximum atomic E-state index is 14.8. The molecule has 2 atom stereocenters. The Bertz CT molecular complexity index is 1270. The second-order valence-corrected chi connectivity index (χ2v) is 12.6. The maximum absolute atomic E-state index is 14.8. The van der Waals surface area contributed by atoms with Crippen LogP contribution in [0.4, 0.5) is 0 Å². The highest BCUT2D eigenvalue weighted by Gasteiger charge is 2.54. The molecule has 9 heteroatoms. The van der Waals surface area contributed by atoms with Gasteiger partial charge >= 0.3 is 0 Å². The van der Waals surface area contributed by atoms with E-state index in [0.717, 1.165) is 38.7 Å². The van der Waals surface area contributed by atoms with Crippen molar-refractivity contribution in [3.8, 4) is 11.5 Å². The number of nitrogens with one attached hydrogen (secondary N) is 2. The van der Waals surface area contributed by atoms with Crippen molar-refractivity contribution in [2.75, 3.05) is 40.3 Å². The zero-order valence-electron chi connectivity index (χ0n) is 23.3. The summed E-state index contributed by atoms with van der Waals surface area (Å²) in [6.07, 6.45) is -0.0902. The molecular formula is C31H36Br2N4O3. The Kier molecular flexibility index (Phi) is 8.87. The molecule has 7 nitrogen and oxygen atoms in total. The SMILES string of the molecule is COc1ccc(C2(C(=O)N3CCN(C)CC3)NC(c3ccc(Br)cc3)C(c3ccc(Br)cc3)N2)c(OC(C)C)c1. The number of ether oxygens (including phenoxy) is 2. The van der Waals surface area contributed by atoms with E-state index in [2.05, 4.69) is 78.7 Å². The van der Waals surface area contributed by atoms with E-state index in [-0.39, 0.29) is 24.1 Å². The topological polar surface area (TPSA) is 66.1 Å². The molecule has 0 aliphatic carbocycles. The number of methoxy groups -OCH3 is 1. The monoisotopic (exact) mass is 670 g/mol. The highest BCUT2D eigenvalue weighted by atomic mass is 79.9. The number of amides is 1. The molecule has 0 spiro atoms. The van der Waals surface area contributed by atoms with Crippen molar-refractivity contribution in [2.45, 2.75) is 37.7 Å². The lowest BCUT2D eigenvalue weighted by Crippen LogP contribution is -2.62. The predicted molar refractivity (Wildman–Crippen MR) is 165 cm³/mol. The van der Waals surface area contributed by atoms with Crippen LogP contribution in [0.2, 0.25) is 0 Å². The molecule has 2 saturated heterocycles. The van der Waals surface area contributed by atoms with Crippen LogP contribution in [0.25, 0.3) is 0 Å². The zero-order valence-corrected chi connectivity index (χ0v) is 26.5. The number of piperazine rings is 1. The van der Waals surface area contributed by atoms with Gasteiger partial charge in [0.05, 0.1) is 25.3 Å². The minimum Gasteiger partial charge on any atom is -0.497 e. The van der Waals surface area contributed by atoms with Gasteiger partial charge in [-0.25, -0.2) is 0 Å². The summed E-state index contributed by atoms with van der Waals surface area (Å²) >= 11 is 7.15. The summed E-state index contributed by atoms with van der Waals surface area (Å²) in [6.45, 7) is 6.94. The van der Waals surface area contributed by atoms with E-state index in [1.807, 2.05) is 61.2 Å². The Balaban J connectivity index is 1.68. The van der Waals surface area contributed by atoms with Crippen molar-refractivity contribution in [1.82, 2.24) is 20.4 Å². The van der Waals surface area contributed by atoms with Gasteiger partial charge < -0.3 is 19.3 Å². The van der Waals surface area contributed by atoms with Crippen LogP contribution in [-0.2, 0) is 10.5 Å². The number of rotatable bonds is 7. The van der Waals surface area contributed by atoms with E-state index in [0.29, 0.717) is 24.6 Å². The van der Waals surface area contributed by atoms with Gasteiger partial charge in [0.15, 0.2) is 5.66 Å². The summed E-state index contributed by atoms with van der Waals surface area (Å²) in [5.74, 6) is 1.28. The lowest BCUT2D eigenvalue weighted by atomic mass is 9.95. The van der Waals surface area contributed by atoms with Crippen LogP contribution < -0.4 is 20.1 Å². The molecular weight excluding hydrogens is 636 g/mol. The van der Waals surface area contributed by atoms with Crippen LogP contribution in [0.15, 0.2) is 75.7 Å². The van der Waals surface area contributed by atoms with Gasteiger partial charge in [-0.2, -0.15) is 0 Å². The third-order valence-corrected chi connectivity index (χ3v) is 8.66. The van der Waals surface area contributed by atoms with Crippen molar-refractivity contribution in [2.24, 2.45) is 0 Å². The number of halogens is 2. The summed E-state index contributed by atoms with van der Waals surface area (Å²) in [6, 6.07) is 21.9. The van der Waals surface area contributed by atoms with Crippen LogP contribution in [0.1, 0.15) is 42.6 Å². The Morgan fingerprint density at radius 2 is 1.40 bits per heavy atom. The van der Waals surface area contributed by atoms with Crippen LogP contribution in [-0.4, -0.2) is 62.1 Å². The standard InChI is InChI=1S/C31H36Br2N4O3/c1-20(2)40-27-19-25(39-4)13-14-26(27)31(30(38)37-17-15-36(3)16-18-37)34-28(21-5-9-23(32)10-6-21)29(35-31)22-7-11-24(33)12-8-22/h5-14,19-20,28-29,34-35H,15-18H2,1-4H3. The van der Waals surface area contributed by atoms with Gasteiger partial charge in [0.25, 0.3) is 5.91 Å². The Morgan fingerprint density at radius 3 is 1.88 bits per heavy atom. The number of hydrogen-bond acceptors (Lipinski definition) is 6. The van der Waals surface area contributed by atoms with Gasteiger partial charge in [0.2, 0.25) is 0 Å². The third kappa shape index (κ3) is 5.94. The number of benzene rings is 3. The van der Waals surface area contributed by atoms with Gasteiger partial charge in [-0.1, -0.05) is 56.1 Å². The van der Waals surface area contributed by atoms with E-state index >= 15 is 0 Å². The van der Waals surface area contributed by atoms with E-state index < -0.39 is 5.66 Å². The van der Waals surface area contributed by atoms with Gasteiger partial charge in [-0.05, 0) is 68.4 Å². The average molecular weight is 672 g/mol. The fourth-order valence-corrected chi connectivity index (χ4v) is 6.03. The highest BCUT2D eigenvalue weighted by molar-refractivity contribution is 9.10. The first-order valence-corrected chi connectivity index (χ1v) is 15.2. The molecule has 0 radical (unpaired) electrons. The van der Waals surface area contributed by atoms with Crippen LogP contribution in [0.3, 0.4) is 0 Å². The molecule has 2 N–H and O–H groups in total. The van der Waals surface area contributed by atoms with Gasteiger partial charge in [-0.3, -0.25) is 15.4 Å². The van der Waals surface area contributed by atoms with Crippen molar-refractivity contribution >= 4 is 37.8 Å². The van der Waals surface area contributed by atoms with Crippen LogP contribution in [0, 0.1) is 0 Å². The van der Waals surface area contributed by atoms with E-state index in [9.17, 15) is 4.79 Å². The molecule has 3 aromatic carbocycles. The second kappa shape index (κ2) is 12.2. The van der Waals surface area contributed by atoms with Crippen molar-refractivity contribution in [1.29, 1.82) is 0 Å². The number of carbonyl (C=O) groups excluding carboxylic acids is 1. The molecule has 40 heavy (non-hydrogen) atoms. The Hall–Kier alpha value is -2.43. The molecule has 2 fully saturated rings. The average Bonchev–Trinajstić information content (AvgIpc) is 3.35. The van der Waals surface area contributed by atoms with Gasteiger partial charge in [-0.15, -0.1) is 0 Å². The molecule has 212 valence electrons. The molecule has 0 saturated carbocycles. The number of nitrogens with zero attached hydrogens (tertiary/aromatic N) is 2. The Labute approximate surface area is 253 Å². The van der Waals surface area contributed by atoms with Gasteiger partial charge in [0, 0.05) is 46.8 Å². The van der Waals surface area contributed by atoms with Gasteiger partial charge in [0.1, 0.15) is 11.5 Å². The quantitative estimate of drug-likeness (QED) is 0.341. The lowest BCUT2D eigenvalue weighted by molar-refractivity contribution is -0.141. The third-order valence-electron chi connectivity index (χ3n) is 7.60. The lowest BCUT2D eigenvalue weighted by Gasteiger charge is -2.40. The zero-order chi connectivity index (χ0) is 28.4. The predicted octanol–water partition coefficient (Wildman–Crippen LogP) is 5.61. The second-order valence-electron chi connectivity index (χ2n) is 10.7. The molecule has 2 aliphatic heterocycles. The minimum atomic E-state index is -1.23. The summed E-state index contributed by atoms with van der Waals surface area (Å²) in [5, 5.41) is 7.63. The van der Waals surface area contributed by atoms with Crippen molar-refractivity contribution in [3.63, 3.8) is 0 Å². The molecule has 0 aromatic heterocycles. The van der Waals surface area contributed by atoms with Crippen LogP contribution in [0.5, 0.6) is 11.5 Å². The normalized spacial score (nSPS) is 23.4. The largest absolute Gasteiger partial charge is 0.497 e. The molecule has 3 aromatic rings. The molecule has 2 heterocycles.